The highest BCUT2D eigenvalue weighted by molar-refractivity contribution is 7.16. The van der Waals surface area contributed by atoms with Crippen molar-refractivity contribution in [1.29, 1.82) is 0 Å². The molecule has 16 heteroatoms. The van der Waals surface area contributed by atoms with Crippen LogP contribution in [0.5, 0.6) is 0 Å². The number of nitrogens with zero attached hydrogens (tertiary/aromatic N) is 1. The van der Waals surface area contributed by atoms with Gasteiger partial charge in [-0.2, -0.15) is 26.3 Å². The van der Waals surface area contributed by atoms with E-state index < -0.39 is 49.3 Å². The summed E-state index contributed by atoms with van der Waals surface area (Å²) in [6, 6.07) is 3.51. The number of benzene rings is 1. The minimum absolute atomic E-state index is 0.102. The van der Waals surface area contributed by atoms with Crippen LogP contribution in [0.2, 0.25) is 15.1 Å². The van der Waals surface area contributed by atoms with Crippen LogP contribution in [0, 0.1) is 6.92 Å². The summed E-state index contributed by atoms with van der Waals surface area (Å²) in [6.45, 7) is -0.704. The average molecular weight is 611 g/mol. The Labute approximate surface area is 224 Å². The molecule has 0 spiro atoms. The Bertz CT molecular complexity index is 1230. The Hall–Kier alpha value is -2.22. The largest absolute Gasteiger partial charge is 0.435 e. The molecule has 1 aromatic heterocycles. The van der Waals surface area contributed by atoms with E-state index in [2.05, 4.69) is 10.5 Å². The zero-order chi connectivity index (χ0) is 27.8. The van der Waals surface area contributed by atoms with Crippen molar-refractivity contribution in [1.82, 2.24) is 10.6 Å². The maximum Gasteiger partial charge on any atom is 0.435 e. The van der Waals surface area contributed by atoms with E-state index >= 15 is 0 Å². The third-order valence-corrected chi connectivity index (χ3v) is 7.72. The van der Waals surface area contributed by atoms with Crippen LogP contribution in [-0.4, -0.2) is 43.0 Å². The van der Waals surface area contributed by atoms with Crippen LogP contribution in [0.4, 0.5) is 26.3 Å². The molecular formula is C21H16Cl3F6N3O3S. The maximum atomic E-state index is 14.2. The van der Waals surface area contributed by atoms with Crippen molar-refractivity contribution in [3.05, 3.63) is 54.1 Å². The van der Waals surface area contributed by atoms with Crippen LogP contribution in [0.3, 0.4) is 0 Å². The highest BCUT2D eigenvalue weighted by Gasteiger charge is 2.60. The number of halogens is 9. The first-order valence-corrected chi connectivity index (χ1v) is 12.2. The fourth-order valence-corrected chi connectivity index (χ4v) is 5.08. The SMILES string of the molecule is Cc1cc(C2=NO[C@@](c3cc(Cl)c(Cl)c(Cl)c3)(C(F)(F)F)CC2)sc1C(=O)NCC(=O)NCC(F)(F)F. The molecule has 0 radical (unpaired) electrons. The van der Waals surface area contributed by atoms with E-state index in [9.17, 15) is 35.9 Å². The number of carbonyl (C=O) groups excluding carboxylic acids is 2. The van der Waals surface area contributed by atoms with E-state index in [1.807, 2.05) is 0 Å². The lowest BCUT2D eigenvalue weighted by Crippen LogP contribution is -2.46. The topological polar surface area (TPSA) is 79.8 Å². The summed E-state index contributed by atoms with van der Waals surface area (Å²) in [5.41, 5.74) is -2.67. The van der Waals surface area contributed by atoms with E-state index in [1.165, 1.54) is 6.07 Å². The summed E-state index contributed by atoms with van der Waals surface area (Å²) in [5, 5.41) is 7.02. The van der Waals surface area contributed by atoms with Crippen LogP contribution in [0.25, 0.3) is 0 Å². The third kappa shape index (κ3) is 6.62. The third-order valence-electron chi connectivity index (χ3n) is 5.24. The number of thiophene rings is 1. The molecule has 1 atom stereocenters. The van der Waals surface area contributed by atoms with Crippen LogP contribution in [-0.2, 0) is 15.2 Å². The number of aryl methyl sites for hydroxylation is 1. The number of oxime groups is 1. The van der Waals surface area contributed by atoms with Gasteiger partial charge in [0.05, 0.1) is 37.1 Å². The van der Waals surface area contributed by atoms with Crippen molar-refractivity contribution < 1.29 is 40.8 Å². The molecule has 0 fully saturated rings. The lowest BCUT2D eigenvalue weighted by Gasteiger charge is -2.36. The zero-order valence-corrected chi connectivity index (χ0v) is 21.6. The van der Waals surface area contributed by atoms with Gasteiger partial charge in [-0.15, -0.1) is 11.3 Å². The first-order valence-electron chi connectivity index (χ1n) is 10.2. The summed E-state index contributed by atoms with van der Waals surface area (Å²) >= 11 is 18.6. The van der Waals surface area contributed by atoms with Gasteiger partial charge in [0.2, 0.25) is 5.91 Å². The lowest BCUT2D eigenvalue weighted by molar-refractivity contribution is -0.291. The molecule has 0 aliphatic carbocycles. The average Bonchev–Trinajstić information content (AvgIpc) is 3.19. The quantitative estimate of drug-likeness (QED) is 0.294. The molecule has 1 aliphatic rings. The number of hydrogen-bond acceptors (Lipinski definition) is 5. The summed E-state index contributed by atoms with van der Waals surface area (Å²) in [6.07, 6.45) is -10.3. The Morgan fingerprint density at radius 3 is 2.22 bits per heavy atom. The monoisotopic (exact) mass is 609 g/mol. The van der Waals surface area contributed by atoms with Gasteiger partial charge in [-0.05, 0) is 37.1 Å². The van der Waals surface area contributed by atoms with Gasteiger partial charge in [-0.1, -0.05) is 40.0 Å². The number of nitrogens with one attached hydrogen (secondary N) is 2. The van der Waals surface area contributed by atoms with E-state index in [-0.39, 0.29) is 37.6 Å². The Balaban J connectivity index is 1.78. The van der Waals surface area contributed by atoms with E-state index in [0.29, 0.717) is 10.4 Å². The van der Waals surface area contributed by atoms with Crippen molar-refractivity contribution in [2.45, 2.75) is 37.7 Å². The van der Waals surface area contributed by atoms with Gasteiger partial charge >= 0.3 is 12.4 Å². The lowest BCUT2D eigenvalue weighted by atomic mass is 9.86. The second-order valence-electron chi connectivity index (χ2n) is 7.91. The van der Waals surface area contributed by atoms with Crippen LogP contribution < -0.4 is 10.6 Å². The molecule has 0 saturated carbocycles. The molecule has 3 rings (SSSR count). The predicted molar refractivity (Wildman–Crippen MR) is 127 cm³/mol. The van der Waals surface area contributed by atoms with Crippen LogP contribution in [0.1, 0.15) is 38.5 Å². The molecule has 0 bridgehead atoms. The van der Waals surface area contributed by atoms with E-state index in [1.54, 1.807) is 12.2 Å². The Morgan fingerprint density at radius 2 is 1.70 bits per heavy atom. The molecule has 2 amide bonds. The summed E-state index contributed by atoms with van der Waals surface area (Å²) in [7, 11) is 0. The molecule has 1 aliphatic heterocycles. The molecule has 2 N–H and O–H groups in total. The minimum atomic E-state index is -4.90. The van der Waals surface area contributed by atoms with Crippen molar-refractivity contribution >= 4 is 63.7 Å². The first kappa shape index (κ1) is 29.3. The standard InChI is InChI=1S/C21H16Cl3F6N3O3S/c1-9-4-14(37-17(9)18(35)31-7-15(34)32-8-20(25,26)27)13-2-3-19(36-33-13,21(28,29)30)10-5-11(22)16(24)12(23)6-10/h4-6H,2-3,7-8H2,1H3,(H,31,35)(H,32,34)/t19-/m0/s1. The van der Waals surface area contributed by atoms with E-state index in [4.69, 9.17) is 39.6 Å². The van der Waals surface area contributed by atoms with E-state index in [0.717, 1.165) is 23.5 Å². The van der Waals surface area contributed by atoms with Gasteiger partial charge < -0.3 is 15.5 Å². The molecule has 0 unspecified atom stereocenters. The first-order chi connectivity index (χ1) is 17.0. The predicted octanol–water partition coefficient (Wildman–Crippen LogP) is 6.40. The highest BCUT2D eigenvalue weighted by atomic mass is 35.5. The number of amides is 2. The van der Waals surface area contributed by atoms with Gasteiger partial charge in [0, 0.05) is 12.0 Å². The number of hydrogen-bond donors (Lipinski definition) is 2. The second-order valence-corrected chi connectivity index (χ2v) is 10.1. The van der Waals surface area contributed by atoms with Crippen LogP contribution >= 0.6 is 46.1 Å². The summed E-state index contributed by atoms with van der Waals surface area (Å²) < 4.78 is 79.0. The normalized spacial score (nSPS) is 18.2. The molecule has 2 aromatic rings. The molecule has 6 nitrogen and oxygen atoms in total. The smallest absolute Gasteiger partial charge is 0.374 e. The van der Waals surface area contributed by atoms with Crippen molar-refractivity contribution in [3.63, 3.8) is 0 Å². The molecule has 202 valence electrons. The molecule has 0 saturated heterocycles. The summed E-state index contributed by atoms with van der Waals surface area (Å²) in [4.78, 5) is 29.4. The van der Waals surface area contributed by atoms with Gasteiger partial charge in [0.25, 0.3) is 11.5 Å². The molecule has 2 heterocycles. The fourth-order valence-electron chi connectivity index (χ4n) is 3.38. The van der Waals surface area contributed by atoms with Gasteiger partial charge in [0.1, 0.15) is 6.54 Å². The minimum Gasteiger partial charge on any atom is -0.374 e. The molecule has 1 aromatic carbocycles. The number of alkyl halides is 6. The second kappa shape index (κ2) is 10.9. The van der Waals surface area contributed by atoms with Crippen molar-refractivity contribution in [2.75, 3.05) is 13.1 Å². The zero-order valence-electron chi connectivity index (χ0n) is 18.5. The maximum absolute atomic E-state index is 14.2. The molecule has 37 heavy (non-hydrogen) atoms. The van der Waals surface area contributed by atoms with Gasteiger partial charge in [0.15, 0.2) is 0 Å². The van der Waals surface area contributed by atoms with Gasteiger partial charge in [-0.3, -0.25) is 9.59 Å². The van der Waals surface area contributed by atoms with Gasteiger partial charge in [-0.25, -0.2) is 0 Å². The highest BCUT2D eigenvalue weighted by Crippen LogP contribution is 2.50. The van der Waals surface area contributed by atoms with Crippen molar-refractivity contribution in [3.8, 4) is 0 Å². The fraction of sp³-hybridized carbons (Fsp3) is 0.381. The van der Waals surface area contributed by atoms with Crippen molar-refractivity contribution in [2.24, 2.45) is 5.16 Å². The number of rotatable bonds is 6. The number of carbonyl (C=O) groups is 2. The Kier molecular flexibility index (Phi) is 8.62. The molecular weight excluding hydrogens is 595 g/mol. The van der Waals surface area contributed by atoms with Crippen LogP contribution in [0.15, 0.2) is 23.4 Å². The Morgan fingerprint density at radius 1 is 1.08 bits per heavy atom. The summed E-state index contributed by atoms with van der Waals surface area (Å²) in [5.74, 6) is -1.79.